The average Bonchev–Trinajstić information content (AvgIpc) is 2.22. The highest BCUT2D eigenvalue weighted by molar-refractivity contribution is 5.00. The van der Waals surface area contributed by atoms with Crippen molar-refractivity contribution in [2.45, 2.75) is 71.1 Å². The zero-order valence-corrected chi connectivity index (χ0v) is 9.15. The first-order valence-electron chi connectivity index (χ1n) is 6.05. The quantitative estimate of drug-likeness (QED) is 0.468. The van der Waals surface area contributed by atoms with Gasteiger partial charge in [-0.25, -0.2) is 0 Å². The SMILES string of the molecule is C1CCCCC1.CC1=CCCCC1. The van der Waals surface area contributed by atoms with E-state index in [1.807, 2.05) is 0 Å². The van der Waals surface area contributed by atoms with Crippen LogP contribution in [0, 0.1) is 0 Å². The minimum Gasteiger partial charge on any atom is -0.0856 e. The maximum atomic E-state index is 2.35. The predicted octanol–water partition coefficient (Wildman–Crippen LogP) is 4.85. The largest absolute Gasteiger partial charge is 0.0856 e. The fraction of sp³-hybridized carbons (Fsp3) is 0.846. The third kappa shape index (κ3) is 5.90. The summed E-state index contributed by atoms with van der Waals surface area (Å²) >= 11 is 0. The van der Waals surface area contributed by atoms with E-state index in [2.05, 4.69) is 13.0 Å². The summed E-state index contributed by atoms with van der Waals surface area (Å²) in [5.41, 5.74) is 1.59. The highest BCUT2D eigenvalue weighted by Gasteiger charge is 1.95. The molecule has 0 N–H and O–H groups in total. The molecule has 0 heteroatoms. The second-order valence-electron chi connectivity index (χ2n) is 4.42. The molecule has 0 heterocycles. The molecule has 0 bridgehead atoms. The van der Waals surface area contributed by atoms with Gasteiger partial charge in [-0.2, -0.15) is 0 Å². The van der Waals surface area contributed by atoms with Crippen LogP contribution in [0.2, 0.25) is 0 Å². The fourth-order valence-corrected chi connectivity index (χ4v) is 2.06. The first-order valence-corrected chi connectivity index (χ1v) is 6.05. The summed E-state index contributed by atoms with van der Waals surface area (Å²) in [6, 6.07) is 0. The lowest BCUT2D eigenvalue weighted by atomic mass is 10.0. The monoisotopic (exact) mass is 180 g/mol. The van der Waals surface area contributed by atoms with Gasteiger partial charge in [0.15, 0.2) is 0 Å². The van der Waals surface area contributed by atoms with E-state index in [1.54, 1.807) is 5.57 Å². The molecular weight excluding hydrogens is 156 g/mol. The van der Waals surface area contributed by atoms with Gasteiger partial charge in [-0.1, -0.05) is 50.2 Å². The normalized spacial score (nSPS) is 22.7. The maximum Gasteiger partial charge on any atom is -0.0323 e. The van der Waals surface area contributed by atoms with E-state index in [0.29, 0.717) is 0 Å². The predicted molar refractivity (Wildman–Crippen MR) is 59.9 cm³/mol. The third-order valence-corrected chi connectivity index (χ3v) is 3.02. The Labute approximate surface area is 83.4 Å². The van der Waals surface area contributed by atoms with Crippen LogP contribution < -0.4 is 0 Å². The molecule has 2 aliphatic rings. The molecule has 76 valence electrons. The molecule has 0 unspecified atom stereocenters. The number of hydrogen-bond donors (Lipinski definition) is 0. The van der Waals surface area contributed by atoms with Crippen LogP contribution in [-0.4, -0.2) is 0 Å². The van der Waals surface area contributed by atoms with Gasteiger partial charge in [0, 0.05) is 0 Å². The van der Waals surface area contributed by atoms with Crippen molar-refractivity contribution in [2.24, 2.45) is 0 Å². The summed E-state index contributed by atoms with van der Waals surface area (Å²) in [6.07, 6.45) is 16.9. The Bertz CT molecular complexity index is 129. The van der Waals surface area contributed by atoms with Gasteiger partial charge < -0.3 is 0 Å². The van der Waals surface area contributed by atoms with Gasteiger partial charge in [0.05, 0.1) is 0 Å². The molecule has 0 amide bonds. The van der Waals surface area contributed by atoms with E-state index in [9.17, 15) is 0 Å². The number of hydrogen-bond acceptors (Lipinski definition) is 0. The molecule has 2 aliphatic carbocycles. The van der Waals surface area contributed by atoms with Crippen LogP contribution in [0.4, 0.5) is 0 Å². The summed E-state index contributed by atoms with van der Waals surface area (Å²) < 4.78 is 0. The highest BCUT2D eigenvalue weighted by Crippen LogP contribution is 2.15. The van der Waals surface area contributed by atoms with Crippen LogP contribution in [-0.2, 0) is 0 Å². The van der Waals surface area contributed by atoms with E-state index in [1.165, 1.54) is 64.2 Å². The lowest BCUT2D eigenvalue weighted by Gasteiger charge is -2.05. The first kappa shape index (κ1) is 10.8. The summed E-state index contributed by atoms with van der Waals surface area (Å²) in [5, 5.41) is 0. The van der Waals surface area contributed by atoms with E-state index in [0.717, 1.165) is 0 Å². The Hall–Kier alpha value is -0.260. The lowest BCUT2D eigenvalue weighted by molar-refractivity contribution is 0.504. The maximum absolute atomic E-state index is 2.35. The van der Waals surface area contributed by atoms with E-state index < -0.39 is 0 Å². The summed E-state index contributed by atoms with van der Waals surface area (Å²) in [4.78, 5) is 0. The van der Waals surface area contributed by atoms with Crippen molar-refractivity contribution in [1.29, 1.82) is 0 Å². The smallest absolute Gasteiger partial charge is 0.0323 e. The minimum absolute atomic E-state index is 1.33. The first-order chi connectivity index (χ1) is 6.39. The molecule has 1 fully saturated rings. The van der Waals surface area contributed by atoms with Crippen molar-refractivity contribution in [3.8, 4) is 0 Å². The molecule has 0 nitrogen and oxygen atoms in total. The molecule has 0 aromatic heterocycles. The Morgan fingerprint density at radius 3 is 1.54 bits per heavy atom. The molecule has 2 rings (SSSR count). The standard InChI is InChI=1S/C7H12.C6H12/c1-7-5-3-2-4-6-7;1-2-4-6-5-3-1/h5H,2-4,6H2,1H3;1-6H2. The summed E-state index contributed by atoms with van der Waals surface area (Å²) in [5.74, 6) is 0. The number of rotatable bonds is 0. The van der Waals surface area contributed by atoms with Gasteiger partial charge >= 0.3 is 0 Å². The van der Waals surface area contributed by atoms with E-state index >= 15 is 0 Å². The van der Waals surface area contributed by atoms with Crippen molar-refractivity contribution in [1.82, 2.24) is 0 Å². The molecule has 0 atom stereocenters. The topological polar surface area (TPSA) is 0 Å². The van der Waals surface area contributed by atoms with Crippen LogP contribution in [0.25, 0.3) is 0 Å². The van der Waals surface area contributed by atoms with E-state index in [4.69, 9.17) is 0 Å². The van der Waals surface area contributed by atoms with Crippen molar-refractivity contribution in [3.63, 3.8) is 0 Å². The molecule has 0 radical (unpaired) electrons. The van der Waals surface area contributed by atoms with Crippen molar-refractivity contribution in [3.05, 3.63) is 11.6 Å². The fourth-order valence-electron chi connectivity index (χ4n) is 2.06. The van der Waals surface area contributed by atoms with Crippen LogP contribution in [0.3, 0.4) is 0 Å². The van der Waals surface area contributed by atoms with Crippen LogP contribution >= 0.6 is 0 Å². The zero-order chi connectivity index (χ0) is 9.36. The average molecular weight is 180 g/mol. The molecular formula is C13H24. The Kier molecular flexibility index (Phi) is 5.97. The van der Waals surface area contributed by atoms with Crippen molar-refractivity contribution >= 4 is 0 Å². The minimum atomic E-state index is 1.33. The third-order valence-electron chi connectivity index (χ3n) is 3.02. The summed E-state index contributed by atoms with van der Waals surface area (Å²) in [7, 11) is 0. The Morgan fingerprint density at radius 1 is 0.769 bits per heavy atom. The van der Waals surface area contributed by atoms with Crippen molar-refractivity contribution in [2.75, 3.05) is 0 Å². The second kappa shape index (κ2) is 7.17. The number of allylic oxidation sites excluding steroid dienone is 2. The van der Waals surface area contributed by atoms with Gasteiger partial charge in [0.2, 0.25) is 0 Å². The van der Waals surface area contributed by atoms with Crippen LogP contribution in [0.5, 0.6) is 0 Å². The zero-order valence-electron chi connectivity index (χ0n) is 9.15. The van der Waals surface area contributed by atoms with Gasteiger partial charge in [0.25, 0.3) is 0 Å². The molecule has 0 aromatic rings. The molecule has 0 aromatic carbocycles. The Morgan fingerprint density at radius 2 is 1.31 bits per heavy atom. The van der Waals surface area contributed by atoms with Crippen LogP contribution in [0.15, 0.2) is 11.6 Å². The lowest BCUT2D eigenvalue weighted by Crippen LogP contribution is -1.85. The van der Waals surface area contributed by atoms with Gasteiger partial charge in [-0.15, -0.1) is 0 Å². The Balaban J connectivity index is 0.000000132. The van der Waals surface area contributed by atoms with Crippen LogP contribution in [0.1, 0.15) is 71.1 Å². The molecule has 0 aliphatic heterocycles. The summed E-state index contributed by atoms with van der Waals surface area (Å²) in [6.45, 7) is 2.22. The van der Waals surface area contributed by atoms with Gasteiger partial charge in [-0.05, 0) is 32.6 Å². The molecule has 0 saturated heterocycles. The second-order valence-corrected chi connectivity index (χ2v) is 4.42. The highest BCUT2D eigenvalue weighted by atomic mass is 14.0. The molecule has 1 saturated carbocycles. The van der Waals surface area contributed by atoms with Gasteiger partial charge in [-0.3, -0.25) is 0 Å². The van der Waals surface area contributed by atoms with E-state index in [-0.39, 0.29) is 0 Å². The van der Waals surface area contributed by atoms with Crippen molar-refractivity contribution < 1.29 is 0 Å². The van der Waals surface area contributed by atoms with Gasteiger partial charge in [0.1, 0.15) is 0 Å². The molecule has 13 heavy (non-hydrogen) atoms. The molecule has 0 spiro atoms.